The number of hydrogen-bond donors (Lipinski definition) is 3. The number of aliphatic hydroxyl groups excluding tert-OH is 2. The van der Waals surface area contributed by atoms with Crippen LogP contribution in [0.2, 0.25) is 0 Å². The highest BCUT2D eigenvalue weighted by atomic mass is 16.5. The average molecular weight is 893 g/mol. The average Bonchev–Trinajstić information content (AvgIpc) is 3.28. The van der Waals surface area contributed by atoms with Crippen molar-refractivity contribution >= 4 is 11.9 Å². The zero-order valence-electron chi connectivity index (χ0n) is 42.8. The predicted molar refractivity (Wildman–Crippen MR) is 274 cm³/mol. The second kappa shape index (κ2) is 53.5. The first-order chi connectivity index (χ1) is 31.0. The summed E-state index contributed by atoms with van der Waals surface area (Å²) in [4.78, 5) is 24.5. The van der Waals surface area contributed by atoms with Crippen LogP contribution in [0.1, 0.15) is 328 Å². The van der Waals surface area contributed by atoms with Crippen molar-refractivity contribution in [3.63, 3.8) is 0 Å². The Morgan fingerprint density at radius 3 is 0.968 bits per heavy atom. The van der Waals surface area contributed by atoms with Gasteiger partial charge in [0, 0.05) is 12.8 Å². The van der Waals surface area contributed by atoms with Gasteiger partial charge in [0.1, 0.15) is 0 Å². The topological polar surface area (TPSA) is 95.9 Å². The fourth-order valence-corrected chi connectivity index (χ4v) is 9.23. The summed E-state index contributed by atoms with van der Waals surface area (Å²) in [5.41, 5.74) is 0. The van der Waals surface area contributed by atoms with E-state index in [1.165, 1.54) is 257 Å². The smallest absolute Gasteiger partial charge is 0.305 e. The van der Waals surface area contributed by atoms with E-state index in [0.29, 0.717) is 25.9 Å². The third-order valence-electron chi connectivity index (χ3n) is 13.7. The molecule has 0 saturated carbocycles. The predicted octanol–water partition coefficient (Wildman–Crippen LogP) is 17.5. The van der Waals surface area contributed by atoms with Gasteiger partial charge in [0.2, 0.25) is 5.91 Å². The molecule has 0 aliphatic carbocycles. The van der Waals surface area contributed by atoms with Gasteiger partial charge < -0.3 is 20.3 Å². The molecule has 0 radical (unpaired) electrons. The maximum Gasteiger partial charge on any atom is 0.305 e. The Labute approximate surface area is 394 Å². The highest BCUT2D eigenvalue weighted by molar-refractivity contribution is 5.76. The summed E-state index contributed by atoms with van der Waals surface area (Å²) >= 11 is 0. The number of carbonyl (C=O) groups is 2. The molecule has 3 N–H and O–H groups in total. The van der Waals surface area contributed by atoms with Gasteiger partial charge in [-0.25, -0.2) is 0 Å². The second-order valence-electron chi connectivity index (χ2n) is 20.0. The molecule has 0 heterocycles. The van der Waals surface area contributed by atoms with Crippen LogP contribution >= 0.6 is 0 Å². The first-order valence-electron chi connectivity index (χ1n) is 28.8. The molecule has 2 unspecified atom stereocenters. The van der Waals surface area contributed by atoms with Gasteiger partial charge in [-0.3, -0.25) is 9.59 Å². The lowest BCUT2D eigenvalue weighted by molar-refractivity contribution is -0.143. The molecule has 0 aliphatic rings. The van der Waals surface area contributed by atoms with Gasteiger partial charge in [0.25, 0.3) is 0 Å². The molecule has 0 bridgehead atoms. The van der Waals surface area contributed by atoms with Gasteiger partial charge in [-0.05, 0) is 25.7 Å². The summed E-state index contributed by atoms with van der Waals surface area (Å²) in [6, 6.07) is -0.542. The maximum atomic E-state index is 12.5. The SMILES string of the molecule is CCCCCCCCCCCCCCCCCC(O)C(CO)NC(=O)CCCCCCCCCCCCCCCCCCCCCOC(=O)CCCCCCCCCCCCCC. The number of rotatable bonds is 54. The molecular weight excluding hydrogens is 779 g/mol. The van der Waals surface area contributed by atoms with E-state index in [4.69, 9.17) is 4.74 Å². The Balaban J connectivity index is 3.39. The quantitative estimate of drug-likeness (QED) is 0.0418. The maximum absolute atomic E-state index is 12.5. The van der Waals surface area contributed by atoms with Crippen molar-refractivity contribution in [3.8, 4) is 0 Å². The number of carbonyl (C=O) groups excluding carboxylic acids is 2. The largest absolute Gasteiger partial charge is 0.466 e. The molecule has 0 saturated heterocycles. The summed E-state index contributed by atoms with van der Waals surface area (Å²) in [5.74, 6) is -0.0246. The summed E-state index contributed by atoms with van der Waals surface area (Å²) in [6.45, 7) is 4.97. The summed E-state index contributed by atoms with van der Waals surface area (Å²) in [7, 11) is 0. The molecule has 376 valence electrons. The van der Waals surface area contributed by atoms with Gasteiger partial charge >= 0.3 is 5.97 Å². The van der Waals surface area contributed by atoms with Gasteiger partial charge in [-0.1, -0.05) is 290 Å². The lowest BCUT2D eigenvalue weighted by Crippen LogP contribution is -2.45. The number of unbranched alkanes of at least 4 members (excludes halogenated alkanes) is 43. The van der Waals surface area contributed by atoms with Crippen LogP contribution in [0.3, 0.4) is 0 Å². The molecule has 0 fully saturated rings. The molecule has 0 aromatic heterocycles. The van der Waals surface area contributed by atoms with Gasteiger partial charge in [0.05, 0.1) is 25.4 Å². The summed E-state index contributed by atoms with van der Waals surface area (Å²) in [5, 5.41) is 23.3. The zero-order valence-corrected chi connectivity index (χ0v) is 42.8. The number of amides is 1. The van der Waals surface area contributed by atoms with E-state index in [0.717, 1.165) is 38.5 Å². The molecule has 0 spiro atoms. The Hall–Kier alpha value is -1.14. The van der Waals surface area contributed by atoms with E-state index in [1.54, 1.807) is 0 Å². The minimum absolute atomic E-state index is 0.0106. The van der Waals surface area contributed by atoms with Crippen LogP contribution in [0.15, 0.2) is 0 Å². The molecule has 63 heavy (non-hydrogen) atoms. The highest BCUT2D eigenvalue weighted by Crippen LogP contribution is 2.18. The molecule has 6 heteroatoms. The molecule has 6 nitrogen and oxygen atoms in total. The van der Waals surface area contributed by atoms with E-state index in [2.05, 4.69) is 19.2 Å². The molecule has 2 atom stereocenters. The van der Waals surface area contributed by atoms with E-state index in [9.17, 15) is 19.8 Å². The van der Waals surface area contributed by atoms with E-state index >= 15 is 0 Å². The summed E-state index contributed by atoms with van der Waals surface area (Å²) < 4.78 is 5.47. The molecule has 0 rings (SSSR count). The highest BCUT2D eigenvalue weighted by Gasteiger charge is 2.20. The second-order valence-corrected chi connectivity index (χ2v) is 20.0. The fraction of sp³-hybridized carbons (Fsp3) is 0.965. The van der Waals surface area contributed by atoms with Crippen LogP contribution in [0.25, 0.3) is 0 Å². The lowest BCUT2D eigenvalue weighted by atomic mass is 10.0. The molecule has 0 aromatic carbocycles. The first-order valence-corrected chi connectivity index (χ1v) is 28.8. The molecule has 0 aromatic rings. The number of ether oxygens (including phenoxy) is 1. The Morgan fingerprint density at radius 1 is 0.381 bits per heavy atom. The van der Waals surface area contributed by atoms with Gasteiger partial charge in [0.15, 0.2) is 0 Å². The van der Waals surface area contributed by atoms with Crippen LogP contribution < -0.4 is 5.32 Å². The zero-order chi connectivity index (χ0) is 45.8. The number of esters is 1. The molecular formula is C57H113NO5. The van der Waals surface area contributed by atoms with E-state index < -0.39 is 12.1 Å². The molecule has 1 amide bonds. The normalized spacial score (nSPS) is 12.5. The van der Waals surface area contributed by atoms with Crippen LogP contribution in [0.4, 0.5) is 0 Å². The standard InChI is InChI=1S/C57H113NO5/c1-3-5-7-9-11-13-15-17-23-26-29-33-37-41-45-49-55(60)54(53-59)58-56(61)50-46-42-38-34-30-27-24-21-19-18-20-22-25-28-32-36-40-44-48-52-63-57(62)51-47-43-39-35-31-16-14-12-10-8-6-4-2/h54-55,59-60H,3-53H2,1-2H3,(H,58,61). The van der Waals surface area contributed by atoms with Crippen molar-refractivity contribution in [1.29, 1.82) is 0 Å². The van der Waals surface area contributed by atoms with Gasteiger partial charge in [-0.2, -0.15) is 0 Å². The first kappa shape index (κ1) is 61.9. The Morgan fingerprint density at radius 2 is 0.651 bits per heavy atom. The van der Waals surface area contributed by atoms with Gasteiger partial charge in [-0.15, -0.1) is 0 Å². The van der Waals surface area contributed by atoms with Crippen molar-refractivity contribution < 1.29 is 24.5 Å². The Bertz CT molecular complexity index is 898. The number of nitrogens with one attached hydrogen (secondary N) is 1. The lowest BCUT2D eigenvalue weighted by Gasteiger charge is -2.22. The van der Waals surface area contributed by atoms with Crippen molar-refractivity contribution in [2.75, 3.05) is 13.2 Å². The number of aliphatic hydroxyl groups is 2. The van der Waals surface area contributed by atoms with Crippen molar-refractivity contribution in [2.45, 2.75) is 341 Å². The third-order valence-corrected chi connectivity index (χ3v) is 13.7. The number of hydrogen-bond acceptors (Lipinski definition) is 5. The minimum Gasteiger partial charge on any atom is -0.466 e. The summed E-state index contributed by atoms with van der Waals surface area (Å²) in [6.07, 6.45) is 60.9. The van der Waals surface area contributed by atoms with Crippen LogP contribution in [0, 0.1) is 0 Å². The third kappa shape index (κ3) is 50.1. The molecule has 0 aliphatic heterocycles. The fourth-order valence-electron chi connectivity index (χ4n) is 9.23. The van der Waals surface area contributed by atoms with Crippen LogP contribution in [0.5, 0.6) is 0 Å². The van der Waals surface area contributed by atoms with E-state index in [1.807, 2.05) is 0 Å². The van der Waals surface area contributed by atoms with Crippen molar-refractivity contribution in [3.05, 3.63) is 0 Å². The minimum atomic E-state index is -0.664. The van der Waals surface area contributed by atoms with Crippen LogP contribution in [-0.4, -0.2) is 47.4 Å². The van der Waals surface area contributed by atoms with E-state index in [-0.39, 0.29) is 18.5 Å². The van der Waals surface area contributed by atoms with Crippen molar-refractivity contribution in [1.82, 2.24) is 5.32 Å². The van der Waals surface area contributed by atoms with Crippen LogP contribution in [-0.2, 0) is 14.3 Å². The van der Waals surface area contributed by atoms with Crippen molar-refractivity contribution in [2.24, 2.45) is 0 Å². The monoisotopic (exact) mass is 892 g/mol. The Kier molecular flexibility index (Phi) is 52.5.